The van der Waals surface area contributed by atoms with Crippen molar-refractivity contribution in [3.63, 3.8) is 0 Å². The quantitative estimate of drug-likeness (QED) is 0.805. The molecule has 3 N–H and O–H groups in total. The summed E-state index contributed by atoms with van der Waals surface area (Å²) in [5.74, 6) is -0.0755. The molecular weight excluding hydrogens is 354 g/mol. The van der Waals surface area contributed by atoms with E-state index in [9.17, 15) is 4.79 Å². The molecule has 2 aromatic rings. The fraction of sp³-hybridized carbons (Fsp3) is 0.474. The summed E-state index contributed by atoms with van der Waals surface area (Å²) in [7, 11) is 0. The van der Waals surface area contributed by atoms with Crippen molar-refractivity contribution in [2.45, 2.75) is 44.4 Å². The predicted octanol–water partition coefficient (Wildman–Crippen LogP) is 3.62. The van der Waals surface area contributed by atoms with E-state index in [1.54, 1.807) is 0 Å². The number of amides is 1. The largest absolute Gasteiger partial charge is 0.350 e. The molecule has 0 atom stereocenters. The number of hydrogen-bond donors (Lipinski definition) is 2. The number of nitrogens with two attached hydrogens (primary N) is 1. The molecule has 0 unspecified atom stereocenters. The summed E-state index contributed by atoms with van der Waals surface area (Å²) in [5.41, 5.74) is 8.75. The molecule has 136 valence electrons. The highest BCUT2D eigenvalue weighted by molar-refractivity contribution is 7.09. The molecule has 0 radical (unpaired) electrons. The molecule has 1 heterocycles. The first kappa shape index (κ1) is 19.9. The Bertz CT molecular complexity index is 710. The number of thiazole rings is 1. The van der Waals surface area contributed by atoms with Crippen LogP contribution in [0, 0.1) is 6.92 Å². The second-order valence-electron chi connectivity index (χ2n) is 6.70. The second kappa shape index (κ2) is 8.79. The molecule has 1 aliphatic carbocycles. The molecule has 1 fully saturated rings. The normalized spacial score (nSPS) is 15.6. The van der Waals surface area contributed by atoms with Crippen molar-refractivity contribution in [1.29, 1.82) is 0 Å². The van der Waals surface area contributed by atoms with Crippen LogP contribution < -0.4 is 11.1 Å². The summed E-state index contributed by atoms with van der Waals surface area (Å²) in [5, 5.41) is 5.88. The topological polar surface area (TPSA) is 68.0 Å². The summed E-state index contributed by atoms with van der Waals surface area (Å²) in [6.45, 7) is 3.36. The predicted molar refractivity (Wildman–Crippen MR) is 106 cm³/mol. The molecule has 1 saturated carbocycles. The van der Waals surface area contributed by atoms with Crippen molar-refractivity contribution < 1.29 is 4.79 Å². The van der Waals surface area contributed by atoms with Crippen LogP contribution in [0.3, 0.4) is 0 Å². The van der Waals surface area contributed by atoms with Crippen molar-refractivity contribution in [2.75, 3.05) is 13.1 Å². The van der Waals surface area contributed by atoms with Crippen molar-refractivity contribution >= 4 is 29.7 Å². The van der Waals surface area contributed by atoms with Crippen molar-refractivity contribution in [3.8, 4) is 0 Å². The minimum absolute atomic E-state index is 0. The molecule has 6 heteroatoms. The van der Waals surface area contributed by atoms with Gasteiger partial charge in [0, 0.05) is 23.8 Å². The lowest BCUT2D eigenvalue weighted by molar-refractivity contribution is 0.0938. The number of nitrogens with zero attached hydrogens (tertiary/aromatic N) is 1. The lowest BCUT2D eigenvalue weighted by Gasteiger charge is -2.30. The van der Waals surface area contributed by atoms with Crippen LogP contribution >= 0.6 is 23.7 Å². The Labute approximate surface area is 159 Å². The van der Waals surface area contributed by atoms with Gasteiger partial charge >= 0.3 is 0 Å². The van der Waals surface area contributed by atoms with E-state index in [-0.39, 0.29) is 23.7 Å². The highest BCUT2D eigenvalue weighted by Crippen LogP contribution is 2.40. The number of hydrogen-bond acceptors (Lipinski definition) is 4. The van der Waals surface area contributed by atoms with Gasteiger partial charge in [0.05, 0.1) is 5.01 Å². The van der Waals surface area contributed by atoms with Crippen LogP contribution in [0.4, 0.5) is 0 Å². The van der Waals surface area contributed by atoms with Crippen LogP contribution in [-0.2, 0) is 11.8 Å². The zero-order valence-electron chi connectivity index (χ0n) is 14.6. The first-order chi connectivity index (χ1) is 11.6. The molecule has 25 heavy (non-hydrogen) atoms. The third-order valence-corrected chi connectivity index (χ3v) is 5.83. The fourth-order valence-corrected chi connectivity index (χ4v) is 4.38. The van der Waals surface area contributed by atoms with Crippen LogP contribution in [0.5, 0.6) is 0 Å². The third-order valence-electron chi connectivity index (χ3n) is 4.92. The maximum absolute atomic E-state index is 12.5. The van der Waals surface area contributed by atoms with E-state index in [1.807, 2.05) is 5.38 Å². The standard InChI is InChI=1S/C19H25N3OS.ClH/c1-14-5-4-6-15(11-14)19(8-2-3-9-19)13-21-18(23)16-12-24-17(22-16)7-10-20;/h4-6,11-12H,2-3,7-10,13,20H2,1H3,(H,21,23);1H. The highest BCUT2D eigenvalue weighted by atomic mass is 35.5. The van der Waals surface area contributed by atoms with Crippen LogP contribution in [0.1, 0.15) is 52.3 Å². The third kappa shape index (κ3) is 4.60. The van der Waals surface area contributed by atoms with Crippen molar-refractivity contribution in [2.24, 2.45) is 5.73 Å². The zero-order chi connectivity index (χ0) is 17.0. The van der Waals surface area contributed by atoms with E-state index in [4.69, 9.17) is 5.73 Å². The number of halogens is 1. The minimum Gasteiger partial charge on any atom is -0.350 e. The van der Waals surface area contributed by atoms with E-state index in [1.165, 1.54) is 35.3 Å². The fourth-order valence-electron chi connectivity index (χ4n) is 3.59. The molecule has 1 amide bonds. The van der Waals surface area contributed by atoms with Crippen LogP contribution in [0.2, 0.25) is 0 Å². The Balaban J connectivity index is 0.00000225. The van der Waals surface area contributed by atoms with Gasteiger partial charge in [0.25, 0.3) is 5.91 Å². The Morgan fingerprint density at radius 1 is 1.36 bits per heavy atom. The van der Waals surface area contributed by atoms with Gasteiger partial charge in [0.1, 0.15) is 5.69 Å². The van der Waals surface area contributed by atoms with E-state index >= 15 is 0 Å². The van der Waals surface area contributed by atoms with E-state index < -0.39 is 0 Å². The van der Waals surface area contributed by atoms with E-state index in [0.717, 1.165) is 24.3 Å². The molecular formula is C19H26ClN3OS. The summed E-state index contributed by atoms with van der Waals surface area (Å²) in [6.07, 6.45) is 5.44. The Hall–Kier alpha value is -1.43. The van der Waals surface area contributed by atoms with E-state index in [0.29, 0.717) is 18.8 Å². The highest BCUT2D eigenvalue weighted by Gasteiger charge is 2.36. The Kier molecular flexibility index (Phi) is 6.99. The summed E-state index contributed by atoms with van der Waals surface area (Å²) in [6, 6.07) is 8.71. The maximum atomic E-state index is 12.5. The van der Waals surface area contributed by atoms with Gasteiger partial charge in [-0.15, -0.1) is 23.7 Å². The average Bonchev–Trinajstić information content (AvgIpc) is 3.23. The number of carbonyl (C=O) groups is 1. The second-order valence-corrected chi connectivity index (χ2v) is 7.65. The smallest absolute Gasteiger partial charge is 0.270 e. The first-order valence-corrected chi connectivity index (χ1v) is 9.51. The van der Waals surface area contributed by atoms with Gasteiger partial charge in [-0.2, -0.15) is 0 Å². The van der Waals surface area contributed by atoms with Gasteiger partial charge < -0.3 is 11.1 Å². The molecule has 1 aromatic carbocycles. The molecule has 1 aromatic heterocycles. The van der Waals surface area contributed by atoms with Crippen LogP contribution in [0.25, 0.3) is 0 Å². The number of aryl methyl sites for hydroxylation is 1. The first-order valence-electron chi connectivity index (χ1n) is 8.63. The van der Waals surface area contributed by atoms with Gasteiger partial charge in [-0.1, -0.05) is 42.7 Å². The number of nitrogens with one attached hydrogen (secondary N) is 1. The molecule has 0 spiro atoms. The molecule has 0 aliphatic heterocycles. The van der Waals surface area contributed by atoms with Crippen LogP contribution in [-0.4, -0.2) is 24.0 Å². The van der Waals surface area contributed by atoms with Crippen LogP contribution in [0.15, 0.2) is 29.6 Å². The van der Waals surface area contributed by atoms with Gasteiger partial charge in [-0.3, -0.25) is 4.79 Å². The average molecular weight is 380 g/mol. The Morgan fingerprint density at radius 2 is 2.12 bits per heavy atom. The van der Waals surface area contributed by atoms with Gasteiger partial charge in [-0.05, 0) is 31.9 Å². The molecule has 0 bridgehead atoms. The van der Waals surface area contributed by atoms with Gasteiger partial charge in [0.2, 0.25) is 0 Å². The molecule has 4 nitrogen and oxygen atoms in total. The lowest BCUT2D eigenvalue weighted by atomic mass is 9.78. The summed E-state index contributed by atoms with van der Waals surface area (Å²) < 4.78 is 0. The van der Waals surface area contributed by atoms with E-state index in [2.05, 4.69) is 41.5 Å². The van der Waals surface area contributed by atoms with Crippen molar-refractivity contribution in [3.05, 3.63) is 51.5 Å². The maximum Gasteiger partial charge on any atom is 0.270 e. The lowest BCUT2D eigenvalue weighted by Crippen LogP contribution is -2.39. The summed E-state index contributed by atoms with van der Waals surface area (Å²) in [4.78, 5) is 16.8. The monoisotopic (exact) mass is 379 g/mol. The number of benzene rings is 1. The number of rotatable bonds is 6. The van der Waals surface area contributed by atoms with Gasteiger partial charge in [0.15, 0.2) is 0 Å². The molecule has 3 rings (SSSR count). The van der Waals surface area contributed by atoms with Gasteiger partial charge in [-0.25, -0.2) is 4.98 Å². The summed E-state index contributed by atoms with van der Waals surface area (Å²) >= 11 is 1.51. The number of carbonyl (C=O) groups excluding carboxylic acids is 1. The minimum atomic E-state index is -0.0755. The van der Waals surface area contributed by atoms with Crippen molar-refractivity contribution in [1.82, 2.24) is 10.3 Å². The Morgan fingerprint density at radius 3 is 2.80 bits per heavy atom. The zero-order valence-corrected chi connectivity index (χ0v) is 16.2. The SMILES string of the molecule is Cc1cccc(C2(CNC(=O)c3csc(CCN)n3)CCCC2)c1.Cl. The number of aromatic nitrogens is 1. The molecule has 1 aliphatic rings. The molecule has 0 saturated heterocycles.